The van der Waals surface area contributed by atoms with Crippen molar-refractivity contribution in [2.24, 2.45) is 5.73 Å². The number of esters is 1. The quantitative estimate of drug-likeness (QED) is 0.646. The summed E-state index contributed by atoms with van der Waals surface area (Å²) in [5, 5.41) is 11.8. The number of rotatable bonds is 3. The number of ether oxygens (including phenoxy) is 1. The molecule has 1 aromatic carbocycles. The second-order valence-corrected chi connectivity index (χ2v) is 3.04. The van der Waals surface area contributed by atoms with Crippen LogP contribution in [0.3, 0.4) is 0 Å². The first-order chi connectivity index (χ1) is 7.54. The van der Waals surface area contributed by atoms with Crippen LogP contribution in [0.5, 0.6) is 0 Å². The number of nitrogens with two attached hydrogens (primary N) is 1. The fourth-order valence-electron chi connectivity index (χ4n) is 1.14. The van der Waals surface area contributed by atoms with Crippen LogP contribution >= 0.6 is 0 Å². The molecule has 0 aliphatic rings. The highest BCUT2D eigenvalue weighted by atomic mass is 16.5. The number of urea groups is 1. The van der Waals surface area contributed by atoms with Gasteiger partial charge in [0.2, 0.25) is 0 Å². The van der Waals surface area contributed by atoms with Gasteiger partial charge in [0.25, 0.3) is 0 Å². The largest absolute Gasteiger partial charge is 0.467 e. The number of primary amides is 1. The van der Waals surface area contributed by atoms with Gasteiger partial charge in [0, 0.05) is 5.69 Å². The molecular weight excluding hydrogens is 212 g/mol. The van der Waals surface area contributed by atoms with Gasteiger partial charge in [-0.3, -0.25) is 0 Å². The lowest BCUT2D eigenvalue weighted by Crippen LogP contribution is -2.19. The Morgan fingerprint density at radius 3 is 2.38 bits per heavy atom. The number of anilines is 1. The highest BCUT2D eigenvalue weighted by molar-refractivity contribution is 5.87. The van der Waals surface area contributed by atoms with Crippen molar-refractivity contribution in [2.75, 3.05) is 12.4 Å². The molecule has 6 nitrogen and oxygen atoms in total. The lowest BCUT2D eigenvalue weighted by molar-refractivity contribution is -0.150. The summed E-state index contributed by atoms with van der Waals surface area (Å²) in [5.74, 6) is -0.740. The van der Waals surface area contributed by atoms with Gasteiger partial charge in [-0.05, 0) is 17.7 Å². The minimum Gasteiger partial charge on any atom is -0.467 e. The first-order valence-electron chi connectivity index (χ1n) is 4.47. The third kappa shape index (κ3) is 2.96. The smallest absolute Gasteiger partial charge is 0.339 e. The Bertz CT molecular complexity index is 388. The molecule has 2 amide bonds. The van der Waals surface area contributed by atoms with E-state index in [0.717, 1.165) is 0 Å². The van der Waals surface area contributed by atoms with Gasteiger partial charge in [0.1, 0.15) is 0 Å². The average molecular weight is 224 g/mol. The van der Waals surface area contributed by atoms with Crippen LogP contribution in [-0.2, 0) is 9.53 Å². The maximum atomic E-state index is 11.0. The Kier molecular flexibility index (Phi) is 3.84. The van der Waals surface area contributed by atoms with Crippen LogP contribution in [-0.4, -0.2) is 24.2 Å². The summed E-state index contributed by atoms with van der Waals surface area (Å²) in [5.41, 5.74) is 5.78. The Morgan fingerprint density at radius 1 is 1.38 bits per heavy atom. The molecule has 0 fully saturated rings. The first-order valence-corrected chi connectivity index (χ1v) is 4.47. The van der Waals surface area contributed by atoms with E-state index in [4.69, 9.17) is 5.73 Å². The van der Waals surface area contributed by atoms with Crippen LogP contribution in [0.2, 0.25) is 0 Å². The van der Waals surface area contributed by atoms with Crippen LogP contribution < -0.4 is 11.1 Å². The van der Waals surface area contributed by atoms with Crippen molar-refractivity contribution in [1.82, 2.24) is 0 Å². The molecule has 0 radical (unpaired) electrons. The lowest BCUT2D eigenvalue weighted by atomic mass is 10.1. The molecule has 4 N–H and O–H groups in total. The van der Waals surface area contributed by atoms with Crippen molar-refractivity contribution < 1.29 is 19.4 Å². The SMILES string of the molecule is COC(=O)C(O)c1ccc(NC(N)=O)cc1. The monoisotopic (exact) mass is 224 g/mol. The average Bonchev–Trinajstić information content (AvgIpc) is 2.27. The molecule has 1 rings (SSSR count). The highest BCUT2D eigenvalue weighted by Crippen LogP contribution is 2.17. The predicted octanol–water partition coefficient (Wildman–Crippen LogP) is 0.384. The van der Waals surface area contributed by atoms with E-state index in [1.54, 1.807) is 0 Å². The van der Waals surface area contributed by atoms with E-state index in [2.05, 4.69) is 10.1 Å². The molecule has 1 unspecified atom stereocenters. The molecule has 86 valence electrons. The number of aliphatic hydroxyl groups excluding tert-OH is 1. The standard InChI is InChI=1S/C10H12N2O4/c1-16-9(14)8(13)6-2-4-7(5-3-6)12-10(11)15/h2-5,8,13H,1H3,(H3,11,12,15). The summed E-state index contributed by atoms with van der Waals surface area (Å²) < 4.78 is 4.38. The zero-order chi connectivity index (χ0) is 12.1. The number of hydrogen-bond donors (Lipinski definition) is 3. The molecule has 0 saturated heterocycles. The van der Waals surface area contributed by atoms with Crippen molar-refractivity contribution in [3.63, 3.8) is 0 Å². The molecule has 1 aromatic rings. The van der Waals surface area contributed by atoms with Crippen LogP contribution in [0.15, 0.2) is 24.3 Å². The van der Waals surface area contributed by atoms with Gasteiger partial charge in [-0.2, -0.15) is 0 Å². The van der Waals surface area contributed by atoms with Crippen LogP contribution in [0.1, 0.15) is 11.7 Å². The summed E-state index contributed by atoms with van der Waals surface area (Å²) in [6.07, 6.45) is -1.33. The topological polar surface area (TPSA) is 102 Å². The Labute approximate surface area is 92.0 Å². The number of methoxy groups -OCH3 is 1. The van der Waals surface area contributed by atoms with Crippen molar-refractivity contribution >= 4 is 17.7 Å². The van der Waals surface area contributed by atoms with Gasteiger partial charge in [-0.1, -0.05) is 12.1 Å². The predicted molar refractivity (Wildman–Crippen MR) is 56.6 cm³/mol. The van der Waals surface area contributed by atoms with Crippen molar-refractivity contribution in [3.8, 4) is 0 Å². The van der Waals surface area contributed by atoms with Gasteiger partial charge >= 0.3 is 12.0 Å². The fourth-order valence-corrected chi connectivity index (χ4v) is 1.14. The fraction of sp³-hybridized carbons (Fsp3) is 0.200. The summed E-state index contributed by atoms with van der Waals surface area (Å²) in [4.78, 5) is 21.5. The summed E-state index contributed by atoms with van der Waals surface area (Å²) >= 11 is 0. The number of nitrogens with one attached hydrogen (secondary N) is 1. The van der Waals surface area contributed by atoms with E-state index in [1.165, 1.54) is 31.4 Å². The molecule has 0 heterocycles. The molecule has 16 heavy (non-hydrogen) atoms. The summed E-state index contributed by atoms with van der Waals surface area (Å²) in [7, 11) is 1.19. The molecule has 1 atom stereocenters. The molecule has 0 aliphatic carbocycles. The number of carbonyl (C=O) groups excluding carboxylic acids is 2. The van der Waals surface area contributed by atoms with Gasteiger partial charge in [0.15, 0.2) is 6.10 Å². The summed E-state index contributed by atoms with van der Waals surface area (Å²) in [6.45, 7) is 0. The zero-order valence-electron chi connectivity index (χ0n) is 8.64. The van der Waals surface area contributed by atoms with E-state index in [1.807, 2.05) is 0 Å². The van der Waals surface area contributed by atoms with Gasteiger partial charge in [-0.15, -0.1) is 0 Å². The number of amides is 2. The maximum absolute atomic E-state index is 11.0. The van der Waals surface area contributed by atoms with E-state index in [0.29, 0.717) is 11.3 Å². The maximum Gasteiger partial charge on any atom is 0.339 e. The molecule has 0 aromatic heterocycles. The third-order valence-electron chi connectivity index (χ3n) is 1.92. The summed E-state index contributed by atoms with van der Waals surface area (Å²) in [6, 6.07) is 5.35. The Hall–Kier alpha value is -2.08. The van der Waals surface area contributed by atoms with Crippen molar-refractivity contribution in [2.45, 2.75) is 6.10 Å². The molecule has 0 spiro atoms. The van der Waals surface area contributed by atoms with Gasteiger partial charge in [-0.25, -0.2) is 9.59 Å². The first kappa shape index (κ1) is 12.0. The molecule has 0 aliphatic heterocycles. The molecular formula is C10H12N2O4. The van der Waals surface area contributed by atoms with E-state index < -0.39 is 18.1 Å². The van der Waals surface area contributed by atoms with Crippen LogP contribution in [0.4, 0.5) is 10.5 Å². The molecule has 6 heteroatoms. The van der Waals surface area contributed by atoms with E-state index >= 15 is 0 Å². The van der Waals surface area contributed by atoms with Gasteiger partial charge in [0.05, 0.1) is 7.11 Å². The second kappa shape index (κ2) is 5.13. The third-order valence-corrected chi connectivity index (χ3v) is 1.92. The minimum absolute atomic E-state index is 0.377. The number of hydrogen-bond acceptors (Lipinski definition) is 4. The number of aliphatic hydroxyl groups is 1. The highest BCUT2D eigenvalue weighted by Gasteiger charge is 2.17. The van der Waals surface area contributed by atoms with Crippen LogP contribution in [0, 0.1) is 0 Å². The Morgan fingerprint density at radius 2 is 1.94 bits per heavy atom. The van der Waals surface area contributed by atoms with E-state index in [-0.39, 0.29) is 0 Å². The van der Waals surface area contributed by atoms with Gasteiger partial charge < -0.3 is 20.9 Å². The Balaban J connectivity index is 2.78. The number of carbonyl (C=O) groups is 2. The lowest BCUT2D eigenvalue weighted by Gasteiger charge is -2.09. The van der Waals surface area contributed by atoms with E-state index in [9.17, 15) is 14.7 Å². The second-order valence-electron chi connectivity index (χ2n) is 3.04. The van der Waals surface area contributed by atoms with Crippen molar-refractivity contribution in [3.05, 3.63) is 29.8 Å². The molecule has 0 bridgehead atoms. The minimum atomic E-state index is -1.33. The van der Waals surface area contributed by atoms with Crippen molar-refractivity contribution in [1.29, 1.82) is 0 Å². The van der Waals surface area contributed by atoms with Crippen LogP contribution in [0.25, 0.3) is 0 Å². The number of benzene rings is 1. The normalized spacial score (nSPS) is 11.6. The molecule has 0 saturated carbocycles. The zero-order valence-corrected chi connectivity index (χ0v) is 8.64.